The van der Waals surface area contributed by atoms with Crippen LogP contribution < -0.4 is 11.1 Å². The first-order valence-electron chi connectivity index (χ1n) is 7.01. The smallest absolute Gasteiger partial charge is 0.326 e. The van der Waals surface area contributed by atoms with Crippen molar-refractivity contribution in [2.24, 2.45) is 5.73 Å². The minimum absolute atomic E-state index is 0.0123. The number of hydrogen-bond acceptors (Lipinski definition) is 2. The van der Waals surface area contributed by atoms with Crippen molar-refractivity contribution in [1.82, 2.24) is 0 Å². The first-order chi connectivity index (χ1) is 10.7. The fourth-order valence-electron chi connectivity index (χ4n) is 2.18. The fraction of sp³-hybridized carbons (Fsp3) is 0.235. The summed E-state index contributed by atoms with van der Waals surface area (Å²) in [6, 6.07) is 8.72. The zero-order chi connectivity index (χ0) is 17.2. The normalized spacial score (nSPS) is 11.4. The van der Waals surface area contributed by atoms with Crippen LogP contribution in [0.5, 0.6) is 0 Å². The molecule has 0 aromatic heterocycles. The number of hydrogen-bond donors (Lipinski definition) is 2. The van der Waals surface area contributed by atoms with Crippen molar-refractivity contribution in [2.45, 2.75) is 26.6 Å². The van der Waals surface area contributed by atoms with Crippen molar-refractivity contribution in [2.75, 3.05) is 5.32 Å². The van der Waals surface area contributed by atoms with E-state index in [0.717, 1.165) is 17.2 Å². The van der Waals surface area contributed by atoms with E-state index in [1.165, 1.54) is 12.1 Å². The van der Waals surface area contributed by atoms with Gasteiger partial charge in [0.15, 0.2) is 0 Å². The molecule has 6 heteroatoms. The highest BCUT2D eigenvalue weighted by Crippen LogP contribution is 2.33. The molecule has 0 fully saturated rings. The van der Waals surface area contributed by atoms with Gasteiger partial charge in [-0.15, -0.1) is 0 Å². The van der Waals surface area contributed by atoms with Crippen molar-refractivity contribution < 1.29 is 18.0 Å². The predicted octanol–water partition coefficient (Wildman–Crippen LogP) is 4.03. The van der Waals surface area contributed by atoms with E-state index in [0.29, 0.717) is 5.56 Å². The van der Waals surface area contributed by atoms with Gasteiger partial charge in [0.25, 0.3) is 5.91 Å². The number of carbonyl (C=O) groups excluding carboxylic acids is 1. The van der Waals surface area contributed by atoms with Gasteiger partial charge < -0.3 is 11.1 Å². The van der Waals surface area contributed by atoms with Crippen LogP contribution in [0.3, 0.4) is 0 Å². The van der Waals surface area contributed by atoms with Gasteiger partial charge in [-0.05, 0) is 54.8 Å². The van der Waals surface area contributed by atoms with E-state index in [-0.39, 0.29) is 17.8 Å². The highest BCUT2D eigenvalue weighted by Gasteiger charge is 2.33. The average Bonchev–Trinajstić information content (AvgIpc) is 2.49. The molecular formula is C17H17F3N2O. The Morgan fingerprint density at radius 3 is 2.35 bits per heavy atom. The second-order valence-corrected chi connectivity index (χ2v) is 5.33. The van der Waals surface area contributed by atoms with Crippen molar-refractivity contribution in [3.05, 3.63) is 64.2 Å². The first-order valence-corrected chi connectivity index (χ1v) is 7.01. The third-order valence-corrected chi connectivity index (χ3v) is 3.66. The van der Waals surface area contributed by atoms with E-state index in [1.807, 2.05) is 13.8 Å². The monoisotopic (exact) mass is 322 g/mol. The number of halogens is 3. The molecule has 1 amide bonds. The van der Waals surface area contributed by atoms with E-state index in [2.05, 4.69) is 5.32 Å². The quantitative estimate of drug-likeness (QED) is 0.896. The van der Waals surface area contributed by atoms with Crippen LogP contribution >= 0.6 is 0 Å². The number of carbonyl (C=O) groups is 1. The van der Waals surface area contributed by atoms with Crippen LogP contribution in [0.4, 0.5) is 18.9 Å². The van der Waals surface area contributed by atoms with Crippen molar-refractivity contribution >= 4 is 11.6 Å². The number of benzene rings is 2. The number of nitrogens with one attached hydrogen (secondary N) is 1. The summed E-state index contributed by atoms with van der Waals surface area (Å²) in [5.41, 5.74) is 6.93. The Kier molecular flexibility index (Phi) is 4.75. The van der Waals surface area contributed by atoms with Gasteiger partial charge in [-0.2, -0.15) is 13.2 Å². The van der Waals surface area contributed by atoms with Gasteiger partial charge in [-0.1, -0.05) is 12.1 Å². The van der Waals surface area contributed by atoms with Crippen LogP contribution in [0.2, 0.25) is 0 Å². The maximum absolute atomic E-state index is 13.0. The summed E-state index contributed by atoms with van der Waals surface area (Å²) < 4.78 is 39.0. The molecule has 3 N–H and O–H groups in total. The highest BCUT2D eigenvalue weighted by atomic mass is 19.4. The Bertz CT molecular complexity index is 739. The second-order valence-electron chi connectivity index (χ2n) is 5.33. The van der Waals surface area contributed by atoms with Gasteiger partial charge in [0.05, 0.1) is 5.56 Å². The maximum Gasteiger partial charge on any atom is 0.416 e. The molecule has 0 radical (unpaired) electrons. The lowest BCUT2D eigenvalue weighted by Gasteiger charge is -2.14. The number of amides is 1. The molecule has 0 atom stereocenters. The fourth-order valence-corrected chi connectivity index (χ4v) is 2.18. The number of alkyl halides is 3. The SMILES string of the molecule is Cc1ccc(C(=O)Nc2ccc(CN)c(C(F)(F)F)c2)cc1C. The van der Waals surface area contributed by atoms with Crippen molar-refractivity contribution in [3.63, 3.8) is 0 Å². The number of anilines is 1. The lowest BCUT2D eigenvalue weighted by atomic mass is 10.0. The molecule has 0 bridgehead atoms. The molecule has 0 saturated carbocycles. The van der Waals surface area contributed by atoms with Crippen LogP contribution in [0.15, 0.2) is 36.4 Å². The Morgan fingerprint density at radius 1 is 1.09 bits per heavy atom. The molecule has 0 unspecified atom stereocenters. The third kappa shape index (κ3) is 3.90. The molecule has 3 nitrogen and oxygen atoms in total. The number of aryl methyl sites for hydroxylation is 2. The van der Waals surface area contributed by atoms with E-state index in [9.17, 15) is 18.0 Å². The van der Waals surface area contributed by atoms with E-state index < -0.39 is 17.6 Å². The Labute approximate surface area is 132 Å². The average molecular weight is 322 g/mol. The van der Waals surface area contributed by atoms with Crippen LogP contribution in [-0.4, -0.2) is 5.91 Å². The topological polar surface area (TPSA) is 55.1 Å². The molecule has 0 saturated heterocycles. The van der Waals surface area contributed by atoms with Gasteiger partial charge in [0, 0.05) is 17.8 Å². The highest BCUT2D eigenvalue weighted by molar-refractivity contribution is 6.04. The van der Waals surface area contributed by atoms with Gasteiger partial charge in [0.2, 0.25) is 0 Å². The molecule has 23 heavy (non-hydrogen) atoms. The molecule has 0 aliphatic carbocycles. The molecule has 0 spiro atoms. The van der Waals surface area contributed by atoms with Crippen LogP contribution in [0.1, 0.15) is 32.6 Å². The Balaban J connectivity index is 2.29. The summed E-state index contributed by atoms with van der Waals surface area (Å²) in [5, 5.41) is 2.49. The largest absolute Gasteiger partial charge is 0.416 e. The van der Waals surface area contributed by atoms with Crippen LogP contribution in [0.25, 0.3) is 0 Å². The molecule has 0 aliphatic rings. The summed E-state index contributed by atoms with van der Waals surface area (Å²) in [4.78, 5) is 12.2. The minimum atomic E-state index is -4.52. The van der Waals surface area contributed by atoms with Crippen LogP contribution in [0, 0.1) is 13.8 Å². The predicted molar refractivity (Wildman–Crippen MR) is 83.2 cm³/mol. The lowest BCUT2D eigenvalue weighted by Crippen LogP contribution is -2.15. The molecule has 0 heterocycles. The summed E-state index contributed by atoms with van der Waals surface area (Å²) in [6.45, 7) is 3.56. The molecule has 0 aliphatic heterocycles. The zero-order valence-corrected chi connectivity index (χ0v) is 12.8. The molecular weight excluding hydrogens is 305 g/mol. The van der Waals surface area contributed by atoms with Gasteiger partial charge in [-0.25, -0.2) is 0 Å². The summed E-state index contributed by atoms with van der Waals surface area (Å²) in [7, 11) is 0. The number of rotatable bonds is 3. The van der Waals surface area contributed by atoms with Crippen molar-refractivity contribution in [3.8, 4) is 0 Å². The maximum atomic E-state index is 13.0. The van der Waals surface area contributed by atoms with E-state index in [1.54, 1.807) is 18.2 Å². The van der Waals surface area contributed by atoms with Crippen LogP contribution in [-0.2, 0) is 12.7 Å². The van der Waals surface area contributed by atoms with E-state index in [4.69, 9.17) is 5.73 Å². The molecule has 2 rings (SSSR count). The second kappa shape index (κ2) is 6.42. The minimum Gasteiger partial charge on any atom is -0.326 e. The summed E-state index contributed by atoms with van der Waals surface area (Å²) >= 11 is 0. The standard InChI is InChI=1S/C17H17F3N2O/c1-10-3-4-12(7-11(10)2)16(23)22-14-6-5-13(9-21)15(8-14)17(18,19)20/h3-8H,9,21H2,1-2H3,(H,22,23). The van der Waals surface area contributed by atoms with Crippen molar-refractivity contribution in [1.29, 1.82) is 0 Å². The lowest BCUT2D eigenvalue weighted by molar-refractivity contribution is -0.138. The van der Waals surface area contributed by atoms with Gasteiger partial charge in [0.1, 0.15) is 0 Å². The molecule has 2 aromatic carbocycles. The first kappa shape index (κ1) is 17.0. The molecule has 2 aromatic rings. The Morgan fingerprint density at radius 2 is 1.78 bits per heavy atom. The van der Waals surface area contributed by atoms with Gasteiger partial charge >= 0.3 is 6.18 Å². The van der Waals surface area contributed by atoms with Gasteiger partial charge in [-0.3, -0.25) is 4.79 Å². The summed E-state index contributed by atoms with van der Waals surface area (Å²) in [5.74, 6) is -0.457. The molecule has 122 valence electrons. The summed E-state index contributed by atoms with van der Waals surface area (Å²) in [6.07, 6.45) is -4.52. The number of nitrogens with two attached hydrogens (primary N) is 1. The third-order valence-electron chi connectivity index (χ3n) is 3.66. The Hall–Kier alpha value is -2.34. The van der Waals surface area contributed by atoms with E-state index >= 15 is 0 Å². The zero-order valence-electron chi connectivity index (χ0n) is 12.8.